The molecule has 0 aliphatic carbocycles. The fourth-order valence-corrected chi connectivity index (χ4v) is 1.41. The summed E-state index contributed by atoms with van der Waals surface area (Å²) in [7, 11) is 0. The minimum absolute atomic E-state index is 0.641. The number of nitrogens with one attached hydrogen (secondary N) is 1. The molecular weight excluding hydrogens is 152 g/mol. The van der Waals surface area contributed by atoms with E-state index in [1.54, 1.807) is 0 Å². The Morgan fingerprint density at radius 2 is 2.25 bits per heavy atom. The molecule has 1 aliphatic rings. The van der Waals surface area contributed by atoms with Crippen molar-refractivity contribution in [2.45, 2.75) is 26.4 Å². The first-order valence-corrected chi connectivity index (χ1v) is 4.16. The van der Waals surface area contributed by atoms with Crippen molar-refractivity contribution in [1.82, 2.24) is 15.3 Å². The van der Waals surface area contributed by atoms with E-state index in [0.717, 1.165) is 36.6 Å². The number of hydrogen-bond acceptors (Lipinski definition) is 4. The lowest BCUT2D eigenvalue weighted by atomic mass is 10.2. The molecule has 4 nitrogen and oxygen atoms in total. The normalized spacial score (nSPS) is 14.8. The van der Waals surface area contributed by atoms with Gasteiger partial charge in [0.15, 0.2) is 0 Å². The van der Waals surface area contributed by atoms with Crippen molar-refractivity contribution in [3.8, 4) is 0 Å². The van der Waals surface area contributed by atoms with Gasteiger partial charge in [0.2, 0.25) is 0 Å². The number of aryl methyl sites for hydroxylation is 1. The topological polar surface area (TPSA) is 63.8 Å². The van der Waals surface area contributed by atoms with Crippen molar-refractivity contribution in [3.05, 3.63) is 17.1 Å². The van der Waals surface area contributed by atoms with Gasteiger partial charge in [-0.15, -0.1) is 0 Å². The quantitative estimate of drug-likeness (QED) is 0.623. The van der Waals surface area contributed by atoms with Crippen LogP contribution in [-0.4, -0.2) is 9.97 Å². The largest absolute Gasteiger partial charge is 0.383 e. The molecule has 0 saturated carbocycles. The second kappa shape index (κ2) is 2.71. The van der Waals surface area contributed by atoms with Crippen LogP contribution in [0.3, 0.4) is 0 Å². The first-order valence-electron chi connectivity index (χ1n) is 4.16. The Bertz CT molecular complexity index is 308. The molecule has 64 valence electrons. The molecule has 12 heavy (non-hydrogen) atoms. The van der Waals surface area contributed by atoms with Gasteiger partial charge in [-0.25, -0.2) is 9.97 Å². The summed E-state index contributed by atoms with van der Waals surface area (Å²) in [4.78, 5) is 8.57. The Hall–Kier alpha value is -1.16. The van der Waals surface area contributed by atoms with Crippen molar-refractivity contribution in [1.29, 1.82) is 0 Å². The molecule has 2 rings (SSSR count). The second-order valence-electron chi connectivity index (χ2n) is 2.91. The molecule has 0 aromatic carbocycles. The zero-order valence-corrected chi connectivity index (χ0v) is 7.09. The van der Waals surface area contributed by atoms with Crippen LogP contribution < -0.4 is 11.1 Å². The summed E-state index contributed by atoms with van der Waals surface area (Å²) in [6, 6.07) is 0. The van der Waals surface area contributed by atoms with Gasteiger partial charge in [-0.2, -0.15) is 0 Å². The summed E-state index contributed by atoms with van der Waals surface area (Å²) in [5, 5.41) is 3.20. The molecule has 0 spiro atoms. The first kappa shape index (κ1) is 7.49. The maximum absolute atomic E-state index is 5.76. The molecule has 0 radical (unpaired) electrons. The highest BCUT2D eigenvalue weighted by atomic mass is 15.0. The minimum Gasteiger partial charge on any atom is -0.383 e. The highest BCUT2D eigenvalue weighted by Crippen LogP contribution is 2.18. The number of nitrogens with two attached hydrogens (primary N) is 1. The Morgan fingerprint density at radius 1 is 1.42 bits per heavy atom. The van der Waals surface area contributed by atoms with E-state index >= 15 is 0 Å². The van der Waals surface area contributed by atoms with Crippen molar-refractivity contribution in [3.63, 3.8) is 0 Å². The van der Waals surface area contributed by atoms with Crippen LogP contribution in [-0.2, 0) is 19.5 Å². The maximum atomic E-state index is 5.76. The maximum Gasteiger partial charge on any atom is 0.131 e. The smallest absolute Gasteiger partial charge is 0.131 e. The first-order chi connectivity index (χ1) is 5.81. The zero-order valence-electron chi connectivity index (χ0n) is 7.09. The SMILES string of the molecule is CCc1nc(N)c2c(n1)CNC2. The molecule has 3 N–H and O–H groups in total. The fourth-order valence-electron chi connectivity index (χ4n) is 1.41. The number of anilines is 1. The van der Waals surface area contributed by atoms with Gasteiger partial charge in [0.1, 0.15) is 11.6 Å². The molecule has 0 unspecified atom stereocenters. The van der Waals surface area contributed by atoms with Gasteiger partial charge < -0.3 is 11.1 Å². The lowest BCUT2D eigenvalue weighted by Gasteiger charge is -2.03. The fraction of sp³-hybridized carbons (Fsp3) is 0.500. The Kier molecular flexibility index (Phi) is 1.69. The second-order valence-corrected chi connectivity index (χ2v) is 2.91. The lowest BCUT2D eigenvalue weighted by Crippen LogP contribution is -2.04. The lowest BCUT2D eigenvalue weighted by molar-refractivity contribution is 0.756. The Morgan fingerprint density at radius 3 is 3.00 bits per heavy atom. The Balaban J connectivity index is 2.51. The van der Waals surface area contributed by atoms with E-state index in [4.69, 9.17) is 5.73 Å². The van der Waals surface area contributed by atoms with Crippen molar-refractivity contribution in [2.24, 2.45) is 0 Å². The molecule has 1 aromatic rings. The molecule has 1 aromatic heterocycles. The van der Waals surface area contributed by atoms with E-state index in [1.807, 2.05) is 6.92 Å². The number of aromatic nitrogens is 2. The molecule has 1 aliphatic heterocycles. The average molecular weight is 164 g/mol. The van der Waals surface area contributed by atoms with Gasteiger partial charge in [0, 0.05) is 25.1 Å². The van der Waals surface area contributed by atoms with Crippen molar-refractivity contribution < 1.29 is 0 Å². The Labute approximate surface area is 71.2 Å². The predicted molar refractivity (Wildman–Crippen MR) is 46.4 cm³/mol. The number of nitrogens with zero attached hydrogens (tertiary/aromatic N) is 2. The van der Waals surface area contributed by atoms with E-state index in [0.29, 0.717) is 5.82 Å². The van der Waals surface area contributed by atoms with Crippen molar-refractivity contribution in [2.75, 3.05) is 5.73 Å². The minimum atomic E-state index is 0.641. The standard InChI is InChI=1S/C8H12N4/c1-2-7-11-6-4-10-3-5(6)8(9)12-7/h10H,2-4H2,1H3,(H2,9,11,12). The van der Waals surface area contributed by atoms with Crippen LogP contribution in [0, 0.1) is 0 Å². The van der Waals surface area contributed by atoms with E-state index in [-0.39, 0.29) is 0 Å². The monoisotopic (exact) mass is 164 g/mol. The molecule has 0 fully saturated rings. The molecule has 0 amide bonds. The van der Waals surface area contributed by atoms with Gasteiger partial charge in [-0.05, 0) is 0 Å². The highest BCUT2D eigenvalue weighted by Gasteiger charge is 2.16. The van der Waals surface area contributed by atoms with E-state index < -0.39 is 0 Å². The summed E-state index contributed by atoms with van der Waals surface area (Å²) >= 11 is 0. The van der Waals surface area contributed by atoms with Gasteiger partial charge in [0.25, 0.3) is 0 Å². The summed E-state index contributed by atoms with van der Waals surface area (Å²) in [6.07, 6.45) is 0.845. The summed E-state index contributed by atoms with van der Waals surface area (Å²) in [5.74, 6) is 1.48. The van der Waals surface area contributed by atoms with Crippen molar-refractivity contribution >= 4 is 5.82 Å². The van der Waals surface area contributed by atoms with Crippen LogP contribution in [0.1, 0.15) is 24.0 Å². The number of fused-ring (bicyclic) bond motifs is 1. The van der Waals surface area contributed by atoms with Gasteiger partial charge >= 0.3 is 0 Å². The van der Waals surface area contributed by atoms with Crippen LogP contribution >= 0.6 is 0 Å². The zero-order chi connectivity index (χ0) is 8.55. The summed E-state index contributed by atoms with van der Waals surface area (Å²) < 4.78 is 0. The molecule has 2 heterocycles. The predicted octanol–water partition coefficient (Wildman–Crippen LogP) is 0.224. The van der Waals surface area contributed by atoms with Crippen LogP contribution in [0.15, 0.2) is 0 Å². The van der Waals surface area contributed by atoms with Crippen LogP contribution in [0.25, 0.3) is 0 Å². The third-order valence-corrected chi connectivity index (χ3v) is 2.08. The summed E-state index contributed by atoms with van der Waals surface area (Å²) in [5.41, 5.74) is 7.90. The molecule has 4 heteroatoms. The average Bonchev–Trinajstić information content (AvgIpc) is 2.52. The van der Waals surface area contributed by atoms with E-state index in [2.05, 4.69) is 15.3 Å². The van der Waals surface area contributed by atoms with E-state index in [1.165, 1.54) is 0 Å². The van der Waals surface area contributed by atoms with Crippen LogP contribution in [0.2, 0.25) is 0 Å². The molecule has 0 saturated heterocycles. The van der Waals surface area contributed by atoms with Crippen LogP contribution in [0.4, 0.5) is 5.82 Å². The molecule has 0 atom stereocenters. The molecule has 0 bridgehead atoms. The number of hydrogen-bond donors (Lipinski definition) is 2. The number of rotatable bonds is 1. The van der Waals surface area contributed by atoms with Crippen LogP contribution in [0.5, 0.6) is 0 Å². The number of nitrogen functional groups attached to an aromatic ring is 1. The van der Waals surface area contributed by atoms with E-state index in [9.17, 15) is 0 Å². The molecular formula is C8H12N4. The van der Waals surface area contributed by atoms with Gasteiger partial charge in [-0.1, -0.05) is 6.92 Å². The highest BCUT2D eigenvalue weighted by molar-refractivity contribution is 5.44. The van der Waals surface area contributed by atoms with Gasteiger partial charge in [-0.3, -0.25) is 0 Å². The third-order valence-electron chi connectivity index (χ3n) is 2.08. The summed E-state index contributed by atoms with van der Waals surface area (Å²) in [6.45, 7) is 3.67. The third kappa shape index (κ3) is 1.04. The van der Waals surface area contributed by atoms with Gasteiger partial charge in [0.05, 0.1) is 5.69 Å².